The number of aliphatic carboxylic acids is 1. The van der Waals surface area contributed by atoms with E-state index in [1.165, 1.54) is 19.2 Å². The smallest absolute Gasteiger partial charge is 0.408 e. The molecule has 0 radical (unpaired) electrons. The molecule has 0 bridgehead atoms. The molecule has 2 aromatic rings. The van der Waals surface area contributed by atoms with E-state index >= 15 is 0 Å². The Balaban J connectivity index is 2.03. The Morgan fingerprint density at radius 3 is 2.10 bits per heavy atom. The molecule has 0 saturated heterocycles. The first-order valence-corrected chi connectivity index (χ1v) is 16.4. The van der Waals surface area contributed by atoms with E-state index in [-0.39, 0.29) is 37.7 Å². The number of methoxy groups -OCH3 is 1. The number of nitrogens with one attached hydrogen (secondary N) is 4. The number of ether oxygens (including phenoxy) is 2. The second-order valence-electron chi connectivity index (χ2n) is 11.1. The van der Waals surface area contributed by atoms with Gasteiger partial charge in [-0.3, -0.25) is 19.2 Å². The zero-order valence-electron chi connectivity index (χ0n) is 26.7. The number of carbonyl (C=O) groups excluding carboxylic acids is 5. The maximum atomic E-state index is 13.3. The Hall–Kier alpha value is -4.01. The van der Waals surface area contributed by atoms with Gasteiger partial charge in [-0.15, -0.1) is 0 Å². The third kappa shape index (κ3) is 14.0. The molecule has 0 heterocycles. The van der Waals surface area contributed by atoms with Crippen molar-refractivity contribution >= 4 is 71.6 Å². The lowest BCUT2D eigenvalue weighted by Crippen LogP contribution is -2.57. The van der Waals surface area contributed by atoms with Crippen LogP contribution < -0.4 is 21.3 Å². The van der Waals surface area contributed by atoms with Crippen LogP contribution in [0.15, 0.2) is 42.5 Å². The fraction of sp³-hybridized carbons (Fsp3) is 0.438. The van der Waals surface area contributed by atoms with Crippen molar-refractivity contribution in [1.82, 2.24) is 21.3 Å². The van der Waals surface area contributed by atoms with Gasteiger partial charge in [0.25, 0.3) is 0 Å². The van der Waals surface area contributed by atoms with Crippen LogP contribution in [0.1, 0.15) is 54.6 Å². The molecule has 0 aliphatic rings. The van der Waals surface area contributed by atoms with Gasteiger partial charge in [0.2, 0.25) is 17.7 Å². The standard InChI is InChI=1S/C32H40Cl2N4O9S/c1-18(2)14-25(30(43)37-26(17-48)28(41)35-13-12-20-8-9-22(33)15-23(20)34)36-29(42)24(10-11-27(39)40)38-32(45)47-16-19-4-6-21(7-5-19)31(44)46-3/h4-9,15,18,24-26,48H,10-14,16-17H2,1-3H3,(H,35,41)(H,36,42)(H,37,43)(H,38,45)(H,39,40)/t24-,25-,26-/m0/s1. The summed E-state index contributed by atoms with van der Waals surface area (Å²) in [4.78, 5) is 74.9. The first-order valence-electron chi connectivity index (χ1n) is 15.0. The van der Waals surface area contributed by atoms with E-state index in [9.17, 15) is 33.9 Å². The summed E-state index contributed by atoms with van der Waals surface area (Å²) < 4.78 is 9.83. The summed E-state index contributed by atoms with van der Waals surface area (Å²) in [6, 6.07) is 7.59. The number of hydrogen-bond acceptors (Lipinski definition) is 9. The van der Waals surface area contributed by atoms with E-state index < -0.39 is 60.3 Å². The second kappa shape index (κ2) is 20.4. The van der Waals surface area contributed by atoms with Gasteiger partial charge in [-0.1, -0.05) is 55.2 Å². The summed E-state index contributed by atoms with van der Waals surface area (Å²) in [6.45, 7) is 3.66. The molecular weight excluding hydrogens is 687 g/mol. The highest BCUT2D eigenvalue weighted by Crippen LogP contribution is 2.21. The maximum Gasteiger partial charge on any atom is 0.408 e. The molecule has 0 aromatic heterocycles. The number of amides is 4. The minimum atomic E-state index is -1.36. The molecule has 48 heavy (non-hydrogen) atoms. The van der Waals surface area contributed by atoms with Crippen molar-refractivity contribution in [2.24, 2.45) is 5.92 Å². The number of thiol groups is 1. The Morgan fingerprint density at radius 1 is 0.875 bits per heavy atom. The number of hydrogen-bond donors (Lipinski definition) is 6. The average Bonchev–Trinajstić information content (AvgIpc) is 3.04. The first kappa shape index (κ1) is 40.2. The molecule has 13 nitrogen and oxygen atoms in total. The van der Waals surface area contributed by atoms with Crippen molar-refractivity contribution in [1.29, 1.82) is 0 Å². The van der Waals surface area contributed by atoms with Crippen molar-refractivity contribution in [3.8, 4) is 0 Å². The highest BCUT2D eigenvalue weighted by molar-refractivity contribution is 7.80. The van der Waals surface area contributed by atoms with E-state index in [2.05, 4.69) is 38.6 Å². The molecule has 4 amide bonds. The first-order chi connectivity index (χ1) is 22.7. The Labute approximate surface area is 294 Å². The van der Waals surface area contributed by atoms with E-state index in [1.807, 2.05) is 13.8 Å². The zero-order chi connectivity index (χ0) is 35.8. The van der Waals surface area contributed by atoms with Crippen molar-refractivity contribution in [2.75, 3.05) is 19.4 Å². The van der Waals surface area contributed by atoms with Gasteiger partial charge in [0, 0.05) is 28.8 Å². The van der Waals surface area contributed by atoms with Crippen LogP contribution in [0.4, 0.5) is 4.79 Å². The monoisotopic (exact) mass is 726 g/mol. The Bertz CT molecular complexity index is 1440. The van der Waals surface area contributed by atoms with E-state index in [4.69, 9.17) is 27.9 Å². The summed E-state index contributed by atoms with van der Waals surface area (Å²) >= 11 is 16.3. The van der Waals surface area contributed by atoms with Gasteiger partial charge in [0.1, 0.15) is 24.7 Å². The molecule has 2 aromatic carbocycles. The van der Waals surface area contributed by atoms with Crippen LogP contribution in [0.3, 0.4) is 0 Å². The number of carbonyl (C=O) groups is 6. The molecule has 0 unspecified atom stereocenters. The molecule has 16 heteroatoms. The van der Waals surface area contributed by atoms with Crippen molar-refractivity contribution in [3.63, 3.8) is 0 Å². The molecule has 3 atom stereocenters. The maximum absolute atomic E-state index is 13.3. The van der Waals surface area contributed by atoms with Gasteiger partial charge in [-0.2, -0.15) is 12.6 Å². The van der Waals surface area contributed by atoms with Crippen LogP contribution in [0.2, 0.25) is 10.0 Å². The topological polar surface area (TPSA) is 189 Å². The summed E-state index contributed by atoms with van der Waals surface area (Å²) in [5.74, 6) is -3.83. The summed E-state index contributed by atoms with van der Waals surface area (Å²) in [7, 11) is 1.25. The van der Waals surface area contributed by atoms with Gasteiger partial charge in [-0.05, 0) is 60.6 Å². The summed E-state index contributed by atoms with van der Waals surface area (Å²) in [6.07, 6.45) is -1.17. The summed E-state index contributed by atoms with van der Waals surface area (Å²) in [5.41, 5.74) is 1.61. The SMILES string of the molecule is COC(=O)c1ccc(COC(=O)N[C@@H](CCC(=O)O)C(=O)N[C@@H](CC(C)C)C(=O)N[C@@H](CS)C(=O)NCCc2ccc(Cl)cc2Cl)cc1. The molecule has 2 rings (SSSR count). The van der Waals surface area contributed by atoms with Gasteiger partial charge in [0.15, 0.2) is 0 Å². The normalized spacial score (nSPS) is 12.6. The van der Waals surface area contributed by atoms with Crippen LogP contribution in [0, 0.1) is 5.92 Å². The van der Waals surface area contributed by atoms with Crippen molar-refractivity contribution in [3.05, 3.63) is 69.2 Å². The number of halogens is 2. The third-order valence-corrected chi connectivity index (χ3v) is 7.82. The molecule has 262 valence electrons. The van der Waals surface area contributed by atoms with Crippen LogP contribution in [-0.4, -0.2) is 78.4 Å². The van der Waals surface area contributed by atoms with Gasteiger partial charge >= 0.3 is 18.0 Å². The molecule has 0 aliphatic heterocycles. The van der Waals surface area contributed by atoms with Gasteiger partial charge in [0.05, 0.1) is 12.7 Å². The van der Waals surface area contributed by atoms with Gasteiger partial charge in [-0.25, -0.2) is 9.59 Å². The predicted molar refractivity (Wildman–Crippen MR) is 182 cm³/mol. The summed E-state index contributed by atoms with van der Waals surface area (Å²) in [5, 5.41) is 20.4. The minimum Gasteiger partial charge on any atom is -0.481 e. The lowest BCUT2D eigenvalue weighted by Gasteiger charge is -2.25. The Kier molecular flexibility index (Phi) is 17.1. The molecular formula is C32H40Cl2N4O9S. The van der Waals surface area contributed by atoms with Crippen molar-refractivity contribution in [2.45, 2.75) is 64.3 Å². The zero-order valence-corrected chi connectivity index (χ0v) is 29.1. The number of alkyl carbamates (subject to hydrolysis) is 1. The highest BCUT2D eigenvalue weighted by atomic mass is 35.5. The molecule has 5 N–H and O–H groups in total. The van der Waals surface area contributed by atoms with Gasteiger partial charge < -0.3 is 35.8 Å². The van der Waals surface area contributed by atoms with E-state index in [1.54, 1.807) is 30.3 Å². The van der Waals surface area contributed by atoms with Crippen LogP contribution in [0.5, 0.6) is 0 Å². The number of esters is 1. The number of carboxylic acid groups (broad SMARTS) is 1. The third-order valence-electron chi connectivity index (χ3n) is 6.86. The number of rotatable bonds is 18. The van der Waals surface area contributed by atoms with Crippen LogP contribution >= 0.6 is 35.8 Å². The lowest BCUT2D eigenvalue weighted by atomic mass is 10.0. The molecule has 0 saturated carbocycles. The highest BCUT2D eigenvalue weighted by Gasteiger charge is 2.30. The molecule has 0 spiro atoms. The Morgan fingerprint density at radius 2 is 1.52 bits per heavy atom. The van der Waals surface area contributed by atoms with E-state index in [0.717, 1.165) is 5.56 Å². The predicted octanol–water partition coefficient (Wildman–Crippen LogP) is 3.54. The lowest BCUT2D eigenvalue weighted by molar-refractivity contribution is -0.137. The number of benzene rings is 2. The van der Waals surface area contributed by atoms with Crippen molar-refractivity contribution < 1.29 is 43.3 Å². The van der Waals surface area contributed by atoms with E-state index in [0.29, 0.717) is 27.6 Å². The average molecular weight is 728 g/mol. The largest absolute Gasteiger partial charge is 0.481 e. The minimum absolute atomic E-state index is 0.0400. The molecule has 0 aliphatic carbocycles. The number of carboxylic acids is 1. The molecule has 0 fully saturated rings. The second-order valence-corrected chi connectivity index (χ2v) is 12.3. The van der Waals surface area contributed by atoms with Crippen LogP contribution in [0.25, 0.3) is 0 Å². The fourth-order valence-corrected chi connectivity index (χ4v) is 5.09. The quantitative estimate of drug-likeness (QED) is 0.0986. The van der Waals surface area contributed by atoms with Crippen LogP contribution in [-0.2, 0) is 41.7 Å². The fourth-order valence-electron chi connectivity index (χ4n) is 4.33.